The van der Waals surface area contributed by atoms with Gasteiger partial charge in [0, 0.05) is 11.1 Å². The second-order valence-electron chi connectivity index (χ2n) is 9.61. The van der Waals surface area contributed by atoms with Gasteiger partial charge in [-0.25, -0.2) is 4.79 Å². The van der Waals surface area contributed by atoms with Crippen molar-refractivity contribution in [2.75, 3.05) is 0 Å². The van der Waals surface area contributed by atoms with E-state index < -0.39 is 0 Å². The molecule has 0 N–H and O–H groups in total. The number of rotatable bonds is 2. The standard InChI is InChI=1S/C26H30O2/c1-17-15-21(25(2,3)4)23(22(16-17)26(5,6)7)28-24(27)20-14-10-12-18-11-8-9-13-19(18)20/h8-16H,1-7H3. The van der Waals surface area contributed by atoms with Gasteiger partial charge in [0.1, 0.15) is 5.75 Å². The van der Waals surface area contributed by atoms with Crippen LogP contribution in [0.3, 0.4) is 0 Å². The summed E-state index contributed by atoms with van der Waals surface area (Å²) in [5.74, 6) is 0.389. The quantitative estimate of drug-likeness (QED) is 0.358. The van der Waals surface area contributed by atoms with E-state index in [1.54, 1.807) is 0 Å². The summed E-state index contributed by atoms with van der Waals surface area (Å²) in [7, 11) is 0. The molecule has 0 radical (unpaired) electrons. The molecule has 0 aliphatic carbocycles. The fourth-order valence-electron chi connectivity index (χ4n) is 3.55. The molecule has 0 atom stereocenters. The van der Waals surface area contributed by atoms with Crippen molar-refractivity contribution >= 4 is 16.7 Å². The van der Waals surface area contributed by atoms with Crippen LogP contribution in [0.5, 0.6) is 5.75 Å². The summed E-state index contributed by atoms with van der Waals surface area (Å²) >= 11 is 0. The van der Waals surface area contributed by atoms with Crippen molar-refractivity contribution in [2.45, 2.75) is 59.3 Å². The molecule has 146 valence electrons. The lowest BCUT2D eigenvalue weighted by Crippen LogP contribution is -2.22. The van der Waals surface area contributed by atoms with Gasteiger partial charge in [-0.2, -0.15) is 0 Å². The molecule has 0 saturated carbocycles. The second-order valence-corrected chi connectivity index (χ2v) is 9.61. The monoisotopic (exact) mass is 374 g/mol. The zero-order valence-corrected chi connectivity index (χ0v) is 18.0. The number of carbonyl (C=O) groups is 1. The minimum Gasteiger partial charge on any atom is -0.422 e. The number of aryl methyl sites for hydroxylation is 1. The first-order valence-corrected chi connectivity index (χ1v) is 9.84. The Bertz CT molecular complexity index is 990. The predicted octanol–water partition coefficient (Wildman–Crippen LogP) is 6.96. The van der Waals surface area contributed by atoms with Crippen LogP contribution < -0.4 is 4.74 Å². The van der Waals surface area contributed by atoms with Crippen molar-refractivity contribution in [1.82, 2.24) is 0 Å². The molecule has 3 aromatic carbocycles. The molecule has 28 heavy (non-hydrogen) atoms. The Morgan fingerprint density at radius 2 is 1.32 bits per heavy atom. The Kier molecular flexibility index (Phi) is 5.10. The van der Waals surface area contributed by atoms with Gasteiger partial charge in [-0.1, -0.05) is 95.6 Å². The van der Waals surface area contributed by atoms with E-state index >= 15 is 0 Å². The van der Waals surface area contributed by atoms with Crippen LogP contribution in [0.25, 0.3) is 10.8 Å². The second kappa shape index (κ2) is 7.09. The molecule has 0 heterocycles. The van der Waals surface area contributed by atoms with E-state index in [0.29, 0.717) is 11.3 Å². The average molecular weight is 375 g/mol. The van der Waals surface area contributed by atoms with Crippen LogP contribution >= 0.6 is 0 Å². The molecule has 0 amide bonds. The van der Waals surface area contributed by atoms with Gasteiger partial charge in [-0.15, -0.1) is 0 Å². The van der Waals surface area contributed by atoms with Gasteiger partial charge in [0.25, 0.3) is 0 Å². The van der Waals surface area contributed by atoms with E-state index in [2.05, 4.69) is 60.6 Å². The van der Waals surface area contributed by atoms with Crippen LogP contribution in [0, 0.1) is 6.92 Å². The lowest BCUT2D eigenvalue weighted by atomic mass is 9.78. The number of carbonyl (C=O) groups excluding carboxylic acids is 1. The number of hydrogen-bond donors (Lipinski definition) is 0. The van der Waals surface area contributed by atoms with Crippen LogP contribution in [-0.2, 0) is 10.8 Å². The maximum atomic E-state index is 13.2. The molecule has 3 aromatic rings. The molecular formula is C26H30O2. The Morgan fingerprint density at radius 3 is 1.89 bits per heavy atom. The van der Waals surface area contributed by atoms with E-state index in [-0.39, 0.29) is 16.8 Å². The van der Waals surface area contributed by atoms with E-state index in [4.69, 9.17) is 4.74 Å². The highest BCUT2D eigenvalue weighted by molar-refractivity contribution is 6.05. The van der Waals surface area contributed by atoms with Gasteiger partial charge < -0.3 is 4.74 Å². The zero-order chi connectivity index (χ0) is 20.7. The molecular weight excluding hydrogens is 344 g/mol. The molecule has 0 aliphatic heterocycles. The maximum Gasteiger partial charge on any atom is 0.344 e. The molecule has 0 bridgehead atoms. The highest BCUT2D eigenvalue weighted by Gasteiger charge is 2.29. The SMILES string of the molecule is Cc1cc(C(C)(C)C)c(OC(=O)c2cccc3ccccc23)c(C(C)(C)C)c1. The maximum absolute atomic E-state index is 13.2. The van der Waals surface area contributed by atoms with Crippen LogP contribution in [0.1, 0.15) is 68.6 Å². The number of fused-ring (bicyclic) bond motifs is 1. The summed E-state index contributed by atoms with van der Waals surface area (Å²) in [4.78, 5) is 13.2. The molecule has 0 spiro atoms. The summed E-state index contributed by atoms with van der Waals surface area (Å²) in [6, 6.07) is 17.9. The summed E-state index contributed by atoms with van der Waals surface area (Å²) in [6.07, 6.45) is 0. The first-order chi connectivity index (χ1) is 13.0. The molecule has 0 saturated heterocycles. The first-order valence-electron chi connectivity index (χ1n) is 9.84. The number of hydrogen-bond acceptors (Lipinski definition) is 2. The third-order valence-electron chi connectivity index (χ3n) is 5.05. The van der Waals surface area contributed by atoms with Gasteiger partial charge >= 0.3 is 5.97 Å². The van der Waals surface area contributed by atoms with E-state index in [1.165, 1.54) is 5.56 Å². The highest BCUT2D eigenvalue weighted by Crippen LogP contribution is 2.41. The molecule has 3 rings (SSSR count). The van der Waals surface area contributed by atoms with Gasteiger partial charge in [-0.3, -0.25) is 0 Å². The van der Waals surface area contributed by atoms with Gasteiger partial charge in [-0.05, 0) is 34.6 Å². The van der Waals surface area contributed by atoms with Gasteiger partial charge in [0.05, 0.1) is 5.56 Å². The van der Waals surface area contributed by atoms with Gasteiger partial charge in [0.2, 0.25) is 0 Å². The molecule has 0 unspecified atom stereocenters. The van der Waals surface area contributed by atoms with Crippen LogP contribution in [-0.4, -0.2) is 5.97 Å². The smallest absolute Gasteiger partial charge is 0.344 e. The number of benzene rings is 3. The third-order valence-corrected chi connectivity index (χ3v) is 5.05. The summed E-state index contributed by atoms with van der Waals surface area (Å²) in [5, 5.41) is 1.95. The summed E-state index contributed by atoms with van der Waals surface area (Å²) in [5.41, 5.74) is 3.62. The Balaban J connectivity index is 2.17. The van der Waals surface area contributed by atoms with E-state index in [0.717, 1.165) is 21.9 Å². The minimum absolute atomic E-state index is 0.139. The lowest BCUT2D eigenvalue weighted by Gasteiger charge is -2.29. The van der Waals surface area contributed by atoms with Crippen LogP contribution in [0.4, 0.5) is 0 Å². The van der Waals surface area contributed by atoms with Crippen molar-refractivity contribution in [1.29, 1.82) is 0 Å². The van der Waals surface area contributed by atoms with Crippen molar-refractivity contribution in [3.8, 4) is 5.75 Å². The van der Waals surface area contributed by atoms with E-state index in [9.17, 15) is 4.79 Å². The zero-order valence-electron chi connectivity index (χ0n) is 18.0. The summed E-state index contributed by atoms with van der Waals surface area (Å²) in [6.45, 7) is 15.0. The minimum atomic E-state index is -0.309. The lowest BCUT2D eigenvalue weighted by molar-refractivity contribution is 0.0731. The van der Waals surface area contributed by atoms with Crippen LogP contribution in [0.2, 0.25) is 0 Å². The molecule has 2 heteroatoms. The number of esters is 1. The van der Waals surface area contributed by atoms with Crippen molar-refractivity contribution in [3.63, 3.8) is 0 Å². The Morgan fingerprint density at radius 1 is 0.786 bits per heavy atom. The Hall–Kier alpha value is -2.61. The fourth-order valence-corrected chi connectivity index (χ4v) is 3.55. The third kappa shape index (κ3) is 3.96. The van der Waals surface area contributed by atoms with Crippen molar-refractivity contribution in [3.05, 3.63) is 76.9 Å². The molecule has 2 nitrogen and oxygen atoms in total. The highest BCUT2D eigenvalue weighted by atomic mass is 16.5. The topological polar surface area (TPSA) is 26.3 Å². The molecule has 0 aliphatic rings. The molecule has 0 aromatic heterocycles. The average Bonchev–Trinajstić information content (AvgIpc) is 2.60. The predicted molar refractivity (Wildman–Crippen MR) is 117 cm³/mol. The summed E-state index contributed by atoms with van der Waals surface area (Å²) < 4.78 is 6.14. The van der Waals surface area contributed by atoms with E-state index in [1.807, 2.05) is 42.5 Å². The largest absolute Gasteiger partial charge is 0.422 e. The van der Waals surface area contributed by atoms with Crippen LogP contribution in [0.15, 0.2) is 54.6 Å². The fraction of sp³-hybridized carbons (Fsp3) is 0.346. The normalized spacial score (nSPS) is 12.2. The van der Waals surface area contributed by atoms with Gasteiger partial charge in [0.15, 0.2) is 0 Å². The number of ether oxygens (including phenoxy) is 1. The van der Waals surface area contributed by atoms with Crippen molar-refractivity contribution in [2.24, 2.45) is 0 Å². The Labute approximate surface area is 168 Å². The first kappa shape index (κ1) is 20.1. The molecule has 0 fully saturated rings. The van der Waals surface area contributed by atoms with Crippen molar-refractivity contribution < 1.29 is 9.53 Å².